The molecule has 4 rings (SSSR count). The smallest absolute Gasteiger partial charge is 0.404 e. The number of fused-ring (bicyclic) bond motifs is 1. The van der Waals surface area contributed by atoms with Gasteiger partial charge in [-0.2, -0.15) is 5.10 Å². The highest BCUT2D eigenvalue weighted by atomic mass is 16.5. The van der Waals surface area contributed by atoms with Gasteiger partial charge in [-0.1, -0.05) is 0 Å². The molecular formula is C25H27N5O8. The molecule has 1 aromatic carbocycles. The second-order valence-corrected chi connectivity index (χ2v) is 7.91. The lowest BCUT2D eigenvalue weighted by molar-refractivity contribution is 0.0373. The van der Waals surface area contributed by atoms with Crippen molar-refractivity contribution < 1.29 is 33.3 Å². The summed E-state index contributed by atoms with van der Waals surface area (Å²) in [5.41, 5.74) is 2.14. The lowest BCUT2D eigenvalue weighted by Gasteiger charge is -2.09. The van der Waals surface area contributed by atoms with Gasteiger partial charge in [0.1, 0.15) is 35.9 Å². The van der Waals surface area contributed by atoms with E-state index in [0.717, 1.165) is 5.69 Å². The van der Waals surface area contributed by atoms with E-state index < -0.39 is 6.09 Å². The number of aromatic nitrogens is 4. The number of oxazole rings is 1. The molecular weight excluding hydrogens is 498 g/mol. The van der Waals surface area contributed by atoms with Gasteiger partial charge < -0.3 is 33.8 Å². The second-order valence-electron chi connectivity index (χ2n) is 7.91. The lowest BCUT2D eigenvalue weighted by Crippen LogP contribution is -2.25. The molecule has 200 valence electrons. The summed E-state index contributed by atoms with van der Waals surface area (Å²) in [6.45, 7) is 2.27. The first-order valence-electron chi connectivity index (χ1n) is 11.8. The first-order valence-corrected chi connectivity index (χ1v) is 11.8. The van der Waals surface area contributed by atoms with Crippen LogP contribution in [0, 0.1) is 0 Å². The zero-order chi connectivity index (χ0) is 26.7. The summed E-state index contributed by atoms with van der Waals surface area (Å²) in [6, 6.07) is 11.9. The van der Waals surface area contributed by atoms with E-state index in [9.17, 15) is 9.59 Å². The maximum absolute atomic E-state index is 11.6. The minimum absolute atomic E-state index is 0.216. The van der Waals surface area contributed by atoms with Gasteiger partial charge in [0, 0.05) is 25.7 Å². The molecule has 0 saturated carbocycles. The number of nitrogens with zero attached hydrogens (tertiary/aromatic N) is 4. The zero-order valence-corrected chi connectivity index (χ0v) is 20.7. The fourth-order valence-corrected chi connectivity index (χ4v) is 3.23. The van der Waals surface area contributed by atoms with E-state index in [2.05, 4.69) is 20.4 Å². The number of benzene rings is 1. The highest BCUT2D eigenvalue weighted by molar-refractivity contribution is 5.77. The standard InChI is InChI=1S/C25H27N5O8/c1-30-23(31)7-5-20(29-30)24-28-21-14-18(4-6-22(21)38-24)37-16-17-2-3-19(15-27-17)36-13-12-35-11-10-34-9-8-26-25(32)33/h2-7,14-15,26H,8-13,16H2,1H3,(H,32,33). The number of hydrogen-bond acceptors (Lipinski definition) is 10. The van der Waals surface area contributed by atoms with Gasteiger partial charge in [0.15, 0.2) is 5.58 Å². The topological polar surface area (TPSA) is 160 Å². The van der Waals surface area contributed by atoms with Gasteiger partial charge >= 0.3 is 6.09 Å². The van der Waals surface area contributed by atoms with Crippen molar-refractivity contribution in [2.24, 2.45) is 7.05 Å². The number of amides is 1. The van der Waals surface area contributed by atoms with E-state index in [-0.39, 0.29) is 18.7 Å². The van der Waals surface area contributed by atoms with Crippen molar-refractivity contribution in [3.63, 3.8) is 0 Å². The quantitative estimate of drug-likeness (QED) is 0.232. The van der Waals surface area contributed by atoms with Gasteiger partial charge in [0.05, 0.1) is 38.3 Å². The van der Waals surface area contributed by atoms with Gasteiger partial charge in [-0.3, -0.25) is 9.78 Å². The summed E-state index contributed by atoms with van der Waals surface area (Å²) in [5.74, 6) is 1.53. The number of nitrogens with one attached hydrogen (secondary N) is 1. The third kappa shape index (κ3) is 7.75. The van der Waals surface area contributed by atoms with E-state index in [4.69, 9.17) is 28.5 Å². The van der Waals surface area contributed by atoms with Crippen molar-refractivity contribution >= 4 is 17.2 Å². The van der Waals surface area contributed by atoms with Crippen LogP contribution in [0.25, 0.3) is 22.7 Å². The first kappa shape index (κ1) is 26.6. The molecule has 13 nitrogen and oxygen atoms in total. The summed E-state index contributed by atoms with van der Waals surface area (Å²) in [4.78, 5) is 30.7. The van der Waals surface area contributed by atoms with E-state index in [0.29, 0.717) is 67.2 Å². The Labute approximate surface area is 216 Å². The molecule has 0 unspecified atom stereocenters. The second kappa shape index (κ2) is 13.2. The van der Waals surface area contributed by atoms with Crippen LogP contribution < -0.4 is 20.3 Å². The van der Waals surface area contributed by atoms with Gasteiger partial charge in [-0.05, 0) is 30.3 Å². The normalized spacial score (nSPS) is 11.0. The third-order valence-electron chi connectivity index (χ3n) is 5.11. The SMILES string of the molecule is Cn1nc(-c2nc3cc(OCc4ccc(OCCOCCOCCNC(=O)O)cn4)ccc3o2)ccc1=O. The Balaban J connectivity index is 1.18. The predicted molar refractivity (Wildman–Crippen MR) is 134 cm³/mol. The molecule has 0 saturated heterocycles. The highest BCUT2D eigenvalue weighted by Crippen LogP contribution is 2.26. The van der Waals surface area contributed by atoms with Gasteiger partial charge in [-0.15, -0.1) is 0 Å². The maximum atomic E-state index is 11.6. The molecule has 0 bridgehead atoms. The van der Waals surface area contributed by atoms with Gasteiger partial charge in [-0.25, -0.2) is 14.5 Å². The third-order valence-corrected chi connectivity index (χ3v) is 5.11. The Morgan fingerprint density at radius 3 is 2.55 bits per heavy atom. The van der Waals surface area contributed by atoms with E-state index >= 15 is 0 Å². The Morgan fingerprint density at radius 1 is 1.00 bits per heavy atom. The van der Waals surface area contributed by atoms with Crippen molar-refractivity contribution in [1.29, 1.82) is 0 Å². The summed E-state index contributed by atoms with van der Waals surface area (Å²) in [6.07, 6.45) is 0.541. The molecule has 0 aliphatic heterocycles. The summed E-state index contributed by atoms with van der Waals surface area (Å²) in [7, 11) is 1.56. The molecule has 0 radical (unpaired) electrons. The zero-order valence-electron chi connectivity index (χ0n) is 20.7. The van der Waals surface area contributed by atoms with Gasteiger partial charge in [0.25, 0.3) is 5.56 Å². The molecule has 0 atom stereocenters. The Kier molecular flexibility index (Phi) is 9.21. The van der Waals surface area contributed by atoms with E-state index in [1.54, 1.807) is 43.6 Å². The summed E-state index contributed by atoms with van der Waals surface area (Å²) < 4.78 is 29.1. The number of pyridine rings is 1. The molecule has 0 aliphatic carbocycles. The molecule has 1 amide bonds. The predicted octanol–water partition coefficient (Wildman–Crippen LogP) is 2.24. The van der Waals surface area contributed by atoms with Crippen LogP contribution in [0.2, 0.25) is 0 Å². The molecule has 3 heterocycles. The van der Waals surface area contributed by atoms with Crippen LogP contribution in [0.15, 0.2) is 57.9 Å². The molecule has 0 aliphatic rings. The van der Waals surface area contributed by atoms with E-state index in [1.807, 2.05) is 6.07 Å². The highest BCUT2D eigenvalue weighted by Gasteiger charge is 2.12. The minimum atomic E-state index is -1.07. The lowest BCUT2D eigenvalue weighted by atomic mass is 10.3. The Bertz CT molecular complexity index is 1400. The number of ether oxygens (including phenoxy) is 4. The van der Waals surface area contributed by atoms with Crippen molar-refractivity contribution in [2.45, 2.75) is 6.61 Å². The molecule has 4 aromatic rings. The van der Waals surface area contributed by atoms with Crippen LogP contribution in [0.4, 0.5) is 4.79 Å². The van der Waals surface area contributed by atoms with Crippen LogP contribution in [-0.2, 0) is 23.1 Å². The molecule has 13 heteroatoms. The number of hydrogen-bond donors (Lipinski definition) is 2. The Morgan fingerprint density at radius 2 is 1.79 bits per heavy atom. The Hall–Kier alpha value is -4.49. The molecule has 0 fully saturated rings. The van der Waals surface area contributed by atoms with Crippen molar-refractivity contribution in [3.05, 3.63) is 64.7 Å². The fraction of sp³-hybridized carbons (Fsp3) is 0.320. The molecule has 38 heavy (non-hydrogen) atoms. The van der Waals surface area contributed by atoms with Crippen LogP contribution in [0.3, 0.4) is 0 Å². The average molecular weight is 526 g/mol. The van der Waals surface area contributed by atoms with Gasteiger partial charge in [0.2, 0.25) is 5.89 Å². The van der Waals surface area contributed by atoms with Crippen LogP contribution in [0.1, 0.15) is 5.69 Å². The largest absolute Gasteiger partial charge is 0.490 e. The first-order chi connectivity index (χ1) is 18.5. The molecule has 2 N–H and O–H groups in total. The van der Waals surface area contributed by atoms with Crippen LogP contribution in [0.5, 0.6) is 11.5 Å². The number of rotatable bonds is 14. The maximum Gasteiger partial charge on any atom is 0.404 e. The number of aryl methyl sites for hydroxylation is 1. The average Bonchev–Trinajstić information content (AvgIpc) is 3.34. The van der Waals surface area contributed by atoms with Crippen molar-refractivity contribution in [1.82, 2.24) is 25.1 Å². The minimum Gasteiger partial charge on any atom is -0.490 e. The summed E-state index contributed by atoms with van der Waals surface area (Å²) in [5, 5.41) is 14.8. The number of carboxylic acid groups (broad SMARTS) is 1. The van der Waals surface area contributed by atoms with Crippen molar-refractivity contribution in [3.8, 4) is 23.1 Å². The molecule has 3 aromatic heterocycles. The number of carbonyl (C=O) groups is 1. The van der Waals surface area contributed by atoms with Crippen LogP contribution in [-0.4, -0.2) is 70.5 Å². The fourth-order valence-electron chi connectivity index (χ4n) is 3.23. The monoisotopic (exact) mass is 525 g/mol. The molecule has 0 spiro atoms. The van der Waals surface area contributed by atoms with E-state index in [1.165, 1.54) is 10.7 Å². The van der Waals surface area contributed by atoms with Crippen LogP contribution >= 0.6 is 0 Å². The van der Waals surface area contributed by atoms with Crippen molar-refractivity contribution in [2.75, 3.05) is 39.6 Å². The summed E-state index contributed by atoms with van der Waals surface area (Å²) >= 11 is 0.